The lowest BCUT2D eigenvalue weighted by atomic mass is 9.93. The predicted molar refractivity (Wildman–Crippen MR) is 77.5 cm³/mol. The number of fused-ring (bicyclic) bond motifs is 1. The lowest BCUT2D eigenvalue weighted by Gasteiger charge is -2.33. The Balaban J connectivity index is 2.08. The Hall–Kier alpha value is -0.860. The van der Waals surface area contributed by atoms with Crippen molar-refractivity contribution < 1.29 is 0 Å². The molecular weight excluding hydrogens is 220 g/mol. The molecule has 0 spiro atoms. The molecule has 1 aromatic rings. The van der Waals surface area contributed by atoms with E-state index < -0.39 is 0 Å². The zero-order chi connectivity index (χ0) is 13.0. The Morgan fingerprint density at radius 3 is 2.50 bits per heavy atom. The summed E-state index contributed by atoms with van der Waals surface area (Å²) < 4.78 is 0. The first kappa shape index (κ1) is 13.6. The van der Waals surface area contributed by atoms with E-state index in [4.69, 9.17) is 5.73 Å². The van der Waals surface area contributed by atoms with Crippen LogP contribution in [0.5, 0.6) is 0 Å². The molecule has 100 valence electrons. The van der Waals surface area contributed by atoms with Crippen molar-refractivity contribution in [3.8, 4) is 0 Å². The van der Waals surface area contributed by atoms with Crippen molar-refractivity contribution >= 4 is 0 Å². The fourth-order valence-electron chi connectivity index (χ4n) is 2.82. The van der Waals surface area contributed by atoms with Crippen molar-refractivity contribution in [3.63, 3.8) is 0 Å². The van der Waals surface area contributed by atoms with Crippen LogP contribution in [0, 0.1) is 0 Å². The van der Waals surface area contributed by atoms with Gasteiger partial charge in [0.15, 0.2) is 0 Å². The van der Waals surface area contributed by atoms with Gasteiger partial charge in [-0.05, 0) is 43.4 Å². The Morgan fingerprint density at radius 2 is 1.83 bits per heavy atom. The third-order valence-corrected chi connectivity index (χ3v) is 4.38. The molecule has 0 saturated carbocycles. The minimum absolute atomic E-state index is 0.0146. The highest BCUT2D eigenvalue weighted by Crippen LogP contribution is 2.21. The first-order valence-electron chi connectivity index (χ1n) is 7.25. The number of aryl methyl sites for hydroxylation is 1. The standard InChI is InChI=1S/C16H26N2/c1-3-16(17,4-2)13-18-11-7-10-14-8-5-6-9-15(14)12-18/h5-6,8-9H,3-4,7,10-13,17H2,1-2H3. The number of nitrogens with zero attached hydrogens (tertiary/aromatic N) is 1. The van der Waals surface area contributed by atoms with E-state index in [9.17, 15) is 0 Å². The Labute approximate surface area is 111 Å². The van der Waals surface area contributed by atoms with E-state index in [1.807, 2.05) is 0 Å². The maximum Gasteiger partial charge on any atom is 0.0278 e. The summed E-state index contributed by atoms with van der Waals surface area (Å²) in [6, 6.07) is 8.84. The minimum Gasteiger partial charge on any atom is -0.324 e. The summed E-state index contributed by atoms with van der Waals surface area (Å²) in [5.41, 5.74) is 9.46. The summed E-state index contributed by atoms with van der Waals surface area (Å²) in [5, 5.41) is 0. The average molecular weight is 246 g/mol. The predicted octanol–water partition coefficient (Wildman–Crippen LogP) is 2.95. The van der Waals surface area contributed by atoms with E-state index >= 15 is 0 Å². The van der Waals surface area contributed by atoms with Crippen molar-refractivity contribution in [1.82, 2.24) is 4.90 Å². The van der Waals surface area contributed by atoms with Gasteiger partial charge in [0.05, 0.1) is 0 Å². The van der Waals surface area contributed by atoms with Crippen LogP contribution in [0.25, 0.3) is 0 Å². The zero-order valence-corrected chi connectivity index (χ0v) is 11.8. The second-order valence-electron chi connectivity index (χ2n) is 5.65. The number of rotatable bonds is 4. The fraction of sp³-hybridized carbons (Fsp3) is 0.625. The van der Waals surface area contributed by atoms with E-state index in [0.29, 0.717) is 0 Å². The molecule has 1 aliphatic rings. The molecule has 0 radical (unpaired) electrons. The molecule has 2 heteroatoms. The number of nitrogens with two attached hydrogens (primary N) is 1. The quantitative estimate of drug-likeness (QED) is 0.885. The maximum atomic E-state index is 6.46. The van der Waals surface area contributed by atoms with Gasteiger partial charge in [-0.15, -0.1) is 0 Å². The molecule has 1 heterocycles. The molecule has 0 atom stereocenters. The molecule has 0 aromatic heterocycles. The largest absolute Gasteiger partial charge is 0.324 e. The number of benzene rings is 1. The lowest BCUT2D eigenvalue weighted by molar-refractivity contribution is 0.194. The summed E-state index contributed by atoms with van der Waals surface area (Å²) in [6.07, 6.45) is 4.58. The average Bonchev–Trinajstić information content (AvgIpc) is 2.60. The third-order valence-electron chi connectivity index (χ3n) is 4.38. The normalized spacial score (nSPS) is 17.3. The van der Waals surface area contributed by atoms with Crippen LogP contribution in [-0.4, -0.2) is 23.5 Å². The molecule has 0 aliphatic carbocycles. The molecule has 0 saturated heterocycles. The van der Waals surface area contributed by atoms with Gasteiger partial charge in [0, 0.05) is 18.6 Å². The monoisotopic (exact) mass is 246 g/mol. The van der Waals surface area contributed by atoms with Crippen molar-refractivity contribution in [2.45, 2.75) is 51.6 Å². The summed E-state index contributed by atoms with van der Waals surface area (Å²) in [4.78, 5) is 2.54. The van der Waals surface area contributed by atoms with Crippen LogP contribution < -0.4 is 5.73 Å². The van der Waals surface area contributed by atoms with Gasteiger partial charge in [-0.25, -0.2) is 0 Å². The van der Waals surface area contributed by atoms with Gasteiger partial charge >= 0.3 is 0 Å². The molecule has 1 aliphatic heterocycles. The molecule has 1 aromatic carbocycles. The van der Waals surface area contributed by atoms with Crippen LogP contribution in [0.15, 0.2) is 24.3 Å². The molecule has 0 fully saturated rings. The summed E-state index contributed by atoms with van der Waals surface area (Å²) in [6.45, 7) is 7.67. The summed E-state index contributed by atoms with van der Waals surface area (Å²) in [5.74, 6) is 0. The van der Waals surface area contributed by atoms with Gasteiger partial charge in [-0.3, -0.25) is 4.90 Å². The Morgan fingerprint density at radius 1 is 1.17 bits per heavy atom. The van der Waals surface area contributed by atoms with E-state index in [1.165, 1.54) is 30.5 Å². The highest BCUT2D eigenvalue weighted by atomic mass is 15.1. The molecule has 18 heavy (non-hydrogen) atoms. The van der Waals surface area contributed by atoms with Crippen molar-refractivity contribution in [2.75, 3.05) is 13.1 Å². The number of hydrogen-bond acceptors (Lipinski definition) is 2. The molecule has 0 amide bonds. The Kier molecular flexibility index (Phi) is 4.41. The lowest BCUT2D eigenvalue weighted by Crippen LogP contribution is -2.49. The topological polar surface area (TPSA) is 29.3 Å². The van der Waals surface area contributed by atoms with Crippen molar-refractivity contribution in [2.24, 2.45) is 5.73 Å². The first-order valence-corrected chi connectivity index (χ1v) is 7.25. The third kappa shape index (κ3) is 3.12. The van der Waals surface area contributed by atoms with Crippen LogP contribution in [0.3, 0.4) is 0 Å². The van der Waals surface area contributed by atoms with Gasteiger partial charge in [0.1, 0.15) is 0 Å². The van der Waals surface area contributed by atoms with Crippen LogP contribution in [-0.2, 0) is 13.0 Å². The van der Waals surface area contributed by atoms with Crippen LogP contribution >= 0.6 is 0 Å². The van der Waals surface area contributed by atoms with Crippen LogP contribution in [0.1, 0.15) is 44.2 Å². The molecule has 2 N–H and O–H groups in total. The van der Waals surface area contributed by atoms with E-state index in [1.54, 1.807) is 0 Å². The van der Waals surface area contributed by atoms with Gasteiger partial charge in [0.2, 0.25) is 0 Å². The smallest absolute Gasteiger partial charge is 0.0278 e. The highest BCUT2D eigenvalue weighted by Gasteiger charge is 2.25. The Bertz CT molecular complexity index is 382. The van der Waals surface area contributed by atoms with Crippen LogP contribution in [0.4, 0.5) is 0 Å². The minimum atomic E-state index is -0.0146. The van der Waals surface area contributed by atoms with Crippen molar-refractivity contribution in [3.05, 3.63) is 35.4 Å². The molecule has 2 rings (SSSR count). The number of hydrogen-bond donors (Lipinski definition) is 1. The molecular formula is C16H26N2. The second-order valence-corrected chi connectivity index (χ2v) is 5.65. The van der Waals surface area contributed by atoms with Gasteiger partial charge in [-0.1, -0.05) is 38.1 Å². The van der Waals surface area contributed by atoms with Gasteiger partial charge in [0.25, 0.3) is 0 Å². The molecule has 0 bridgehead atoms. The summed E-state index contributed by atoms with van der Waals surface area (Å²) >= 11 is 0. The summed E-state index contributed by atoms with van der Waals surface area (Å²) in [7, 11) is 0. The van der Waals surface area contributed by atoms with Gasteiger partial charge in [-0.2, -0.15) is 0 Å². The highest BCUT2D eigenvalue weighted by molar-refractivity contribution is 5.28. The van der Waals surface area contributed by atoms with E-state index in [-0.39, 0.29) is 5.54 Å². The second kappa shape index (κ2) is 5.85. The SMILES string of the molecule is CCC(N)(CC)CN1CCCc2ccccc2C1. The van der Waals surface area contributed by atoms with Gasteiger partial charge < -0.3 is 5.73 Å². The molecule has 2 nitrogen and oxygen atoms in total. The van der Waals surface area contributed by atoms with E-state index in [0.717, 1.165) is 25.9 Å². The van der Waals surface area contributed by atoms with E-state index in [2.05, 4.69) is 43.0 Å². The fourth-order valence-corrected chi connectivity index (χ4v) is 2.82. The molecule has 0 unspecified atom stereocenters. The maximum absolute atomic E-state index is 6.46. The first-order chi connectivity index (χ1) is 8.67. The van der Waals surface area contributed by atoms with Crippen LogP contribution in [0.2, 0.25) is 0 Å². The zero-order valence-electron chi connectivity index (χ0n) is 11.8. The van der Waals surface area contributed by atoms with Crippen molar-refractivity contribution in [1.29, 1.82) is 0 Å².